The van der Waals surface area contributed by atoms with Gasteiger partial charge in [0.15, 0.2) is 0 Å². The second-order valence-corrected chi connectivity index (χ2v) is 9.82. The number of aromatic nitrogens is 2. The van der Waals surface area contributed by atoms with Crippen molar-refractivity contribution >= 4 is 34.7 Å². The number of ether oxygens (including phenoxy) is 1. The first-order valence-electron chi connectivity index (χ1n) is 11.1. The maximum absolute atomic E-state index is 12.6. The fourth-order valence-electron chi connectivity index (χ4n) is 4.19. The lowest BCUT2D eigenvalue weighted by molar-refractivity contribution is 0.0209. The van der Waals surface area contributed by atoms with Gasteiger partial charge in [0.2, 0.25) is 5.95 Å². The second-order valence-electron chi connectivity index (χ2n) is 9.41. The predicted octanol–water partition coefficient (Wildman–Crippen LogP) is 5.57. The molecule has 1 saturated heterocycles. The molecule has 0 unspecified atom stereocenters. The van der Waals surface area contributed by atoms with E-state index in [1.54, 1.807) is 4.90 Å². The second kappa shape index (κ2) is 9.02. The molecule has 0 aliphatic carbocycles. The van der Waals surface area contributed by atoms with Crippen molar-refractivity contribution in [2.24, 2.45) is 0 Å². The molecule has 32 heavy (non-hydrogen) atoms. The Morgan fingerprint density at radius 3 is 2.66 bits per heavy atom. The van der Waals surface area contributed by atoms with Crippen LogP contribution in [0.5, 0.6) is 0 Å². The van der Waals surface area contributed by atoms with Gasteiger partial charge in [-0.2, -0.15) is 0 Å². The molecule has 0 saturated carbocycles. The molecular formula is C25H31ClN4O2. The van der Waals surface area contributed by atoms with Gasteiger partial charge in [-0.15, -0.1) is 0 Å². The first kappa shape index (κ1) is 22.5. The smallest absolute Gasteiger partial charge is 0.410 e. The minimum atomic E-state index is -0.511. The number of amides is 1. The molecule has 1 aliphatic rings. The van der Waals surface area contributed by atoms with Gasteiger partial charge >= 0.3 is 6.09 Å². The minimum Gasteiger partial charge on any atom is -0.444 e. The Kier molecular flexibility index (Phi) is 6.33. The van der Waals surface area contributed by atoms with Gasteiger partial charge in [-0.05, 0) is 57.4 Å². The summed E-state index contributed by atoms with van der Waals surface area (Å²) in [5, 5.41) is 0.748. The Morgan fingerprint density at radius 1 is 1.19 bits per heavy atom. The summed E-state index contributed by atoms with van der Waals surface area (Å²) in [4.78, 5) is 21.6. The Hall–Kier alpha value is -2.73. The Morgan fingerprint density at radius 2 is 1.91 bits per heavy atom. The highest BCUT2D eigenvalue weighted by atomic mass is 35.5. The molecular weight excluding hydrogens is 424 g/mol. The van der Waals surface area contributed by atoms with Crippen LogP contribution in [0.4, 0.5) is 10.7 Å². The number of hydrogen-bond donors (Lipinski definition) is 0. The van der Waals surface area contributed by atoms with E-state index < -0.39 is 5.60 Å². The van der Waals surface area contributed by atoms with Crippen molar-refractivity contribution in [1.29, 1.82) is 0 Å². The topological polar surface area (TPSA) is 50.6 Å². The fourth-order valence-corrected chi connectivity index (χ4v) is 4.39. The number of nitrogens with zero attached hydrogens (tertiary/aromatic N) is 4. The van der Waals surface area contributed by atoms with Gasteiger partial charge in [-0.3, -0.25) is 0 Å². The summed E-state index contributed by atoms with van der Waals surface area (Å²) >= 11 is 6.48. The van der Waals surface area contributed by atoms with E-state index in [-0.39, 0.29) is 12.1 Å². The summed E-state index contributed by atoms with van der Waals surface area (Å²) < 4.78 is 7.82. The number of piperidine rings is 1. The predicted molar refractivity (Wildman–Crippen MR) is 130 cm³/mol. The molecule has 2 aromatic carbocycles. The number of carbonyl (C=O) groups is 1. The zero-order chi connectivity index (χ0) is 22.9. The summed E-state index contributed by atoms with van der Waals surface area (Å²) in [6.45, 7) is 7.92. The van der Waals surface area contributed by atoms with E-state index >= 15 is 0 Å². The molecule has 7 heteroatoms. The third kappa shape index (κ3) is 4.85. The van der Waals surface area contributed by atoms with Crippen LogP contribution in [-0.4, -0.2) is 52.3 Å². The van der Waals surface area contributed by atoms with Gasteiger partial charge in [0, 0.05) is 25.2 Å². The third-order valence-corrected chi connectivity index (χ3v) is 6.20. The number of para-hydroxylation sites is 2. The number of benzene rings is 2. The van der Waals surface area contributed by atoms with Crippen molar-refractivity contribution < 1.29 is 9.53 Å². The molecule has 6 nitrogen and oxygen atoms in total. The molecule has 2 heterocycles. The van der Waals surface area contributed by atoms with E-state index in [9.17, 15) is 4.79 Å². The maximum Gasteiger partial charge on any atom is 0.410 e. The van der Waals surface area contributed by atoms with Crippen LogP contribution in [0.2, 0.25) is 5.02 Å². The van der Waals surface area contributed by atoms with Crippen molar-refractivity contribution in [1.82, 2.24) is 14.5 Å². The minimum absolute atomic E-state index is 0.0622. The lowest BCUT2D eigenvalue weighted by Crippen LogP contribution is -2.50. The van der Waals surface area contributed by atoms with Gasteiger partial charge in [-0.25, -0.2) is 9.78 Å². The van der Waals surface area contributed by atoms with Crippen LogP contribution in [0, 0.1) is 0 Å². The van der Waals surface area contributed by atoms with E-state index in [1.807, 2.05) is 64.2 Å². The SMILES string of the molecule is CN(C(=O)OC(C)(C)C)[C@H]1CCCN(c2nc3ccccc3n2Cc2ccccc2Cl)C1. The maximum atomic E-state index is 12.6. The molecule has 1 aliphatic heterocycles. The van der Waals surface area contributed by atoms with Crippen LogP contribution < -0.4 is 4.90 Å². The van der Waals surface area contributed by atoms with Crippen molar-refractivity contribution in [3.63, 3.8) is 0 Å². The van der Waals surface area contributed by atoms with Crippen LogP contribution in [-0.2, 0) is 11.3 Å². The van der Waals surface area contributed by atoms with Gasteiger partial charge in [0.25, 0.3) is 0 Å². The molecule has 0 radical (unpaired) electrons. The average Bonchev–Trinajstić information content (AvgIpc) is 3.12. The molecule has 0 spiro atoms. The molecule has 3 aromatic rings. The molecule has 1 amide bonds. The standard InChI is InChI=1S/C25H31ClN4O2/c1-25(2,3)32-24(31)28(4)19-11-9-15-29(17-19)23-27-21-13-7-8-14-22(21)30(23)16-18-10-5-6-12-20(18)26/h5-8,10,12-14,19H,9,11,15-17H2,1-4H3/t19-/m0/s1. The first-order valence-corrected chi connectivity index (χ1v) is 11.5. The van der Waals surface area contributed by atoms with Gasteiger partial charge < -0.3 is 19.1 Å². The summed E-state index contributed by atoms with van der Waals surface area (Å²) in [7, 11) is 1.83. The van der Waals surface area contributed by atoms with Gasteiger partial charge in [0.05, 0.1) is 23.6 Å². The highest BCUT2D eigenvalue weighted by Gasteiger charge is 2.31. The lowest BCUT2D eigenvalue weighted by Gasteiger charge is -2.38. The first-order chi connectivity index (χ1) is 15.2. The number of anilines is 1. The summed E-state index contributed by atoms with van der Waals surface area (Å²) in [5.74, 6) is 0.911. The third-order valence-electron chi connectivity index (χ3n) is 5.83. The lowest BCUT2D eigenvalue weighted by atomic mass is 10.1. The summed E-state index contributed by atoms with van der Waals surface area (Å²) in [6.07, 6.45) is 1.64. The number of likely N-dealkylation sites (N-methyl/N-ethyl adjacent to an activating group) is 1. The Balaban J connectivity index is 1.63. The van der Waals surface area contributed by atoms with Crippen LogP contribution in [0.25, 0.3) is 11.0 Å². The van der Waals surface area contributed by atoms with Crippen LogP contribution in [0.3, 0.4) is 0 Å². The number of rotatable bonds is 4. The molecule has 4 rings (SSSR count). The average molecular weight is 455 g/mol. The van der Waals surface area contributed by atoms with Crippen molar-refractivity contribution in [3.05, 3.63) is 59.1 Å². The van der Waals surface area contributed by atoms with Gasteiger partial charge in [-0.1, -0.05) is 41.9 Å². The molecule has 0 bridgehead atoms. The molecule has 170 valence electrons. The van der Waals surface area contributed by atoms with E-state index in [0.717, 1.165) is 47.0 Å². The quantitative estimate of drug-likeness (QED) is 0.516. The zero-order valence-corrected chi connectivity index (χ0v) is 20.0. The Labute approximate surface area is 194 Å². The van der Waals surface area contributed by atoms with E-state index in [0.29, 0.717) is 13.1 Å². The zero-order valence-electron chi connectivity index (χ0n) is 19.2. The van der Waals surface area contributed by atoms with Gasteiger partial charge in [0.1, 0.15) is 5.60 Å². The highest BCUT2D eigenvalue weighted by molar-refractivity contribution is 6.31. The van der Waals surface area contributed by atoms with Crippen LogP contribution in [0.15, 0.2) is 48.5 Å². The van der Waals surface area contributed by atoms with Crippen LogP contribution >= 0.6 is 11.6 Å². The van der Waals surface area contributed by atoms with Crippen molar-refractivity contribution in [2.45, 2.75) is 51.8 Å². The Bertz CT molecular complexity index is 1100. The number of fused-ring (bicyclic) bond motifs is 1. The number of halogens is 1. The molecule has 1 atom stereocenters. The molecule has 1 fully saturated rings. The fraction of sp³-hybridized carbons (Fsp3) is 0.440. The number of carbonyl (C=O) groups excluding carboxylic acids is 1. The summed E-state index contributed by atoms with van der Waals surface area (Å²) in [5.41, 5.74) is 2.57. The monoisotopic (exact) mass is 454 g/mol. The van der Waals surface area contributed by atoms with Crippen LogP contribution in [0.1, 0.15) is 39.2 Å². The van der Waals surface area contributed by atoms with E-state index in [2.05, 4.69) is 21.6 Å². The number of imidazole rings is 1. The molecule has 0 N–H and O–H groups in total. The highest BCUT2D eigenvalue weighted by Crippen LogP contribution is 2.29. The summed E-state index contributed by atoms with van der Waals surface area (Å²) in [6, 6.07) is 16.2. The van der Waals surface area contributed by atoms with Crippen molar-refractivity contribution in [3.8, 4) is 0 Å². The normalized spacial score (nSPS) is 16.9. The van der Waals surface area contributed by atoms with E-state index in [1.165, 1.54) is 0 Å². The van der Waals surface area contributed by atoms with E-state index in [4.69, 9.17) is 21.3 Å². The molecule has 1 aromatic heterocycles. The van der Waals surface area contributed by atoms with Crippen molar-refractivity contribution in [2.75, 3.05) is 25.0 Å². The number of hydrogen-bond acceptors (Lipinski definition) is 4. The largest absolute Gasteiger partial charge is 0.444 e.